The molecule has 2 amide bonds. The topological polar surface area (TPSA) is 71.5 Å². The molecule has 0 fully saturated rings. The number of hydrogen-bond donors (Lipinski definition) is 1. The summed E-state index contributed by atoms with van der Waals surface area (Å²) < 4.78 is 5.18. The van der Waals surface area contributed by atoms with Crippen molar-refractivity contribution in [2.75, 3.05) is 12.0 Å². The molecule has 1 aromatic heterocycles. The van der Waals surface area contributed by atoms with Crippen molar-refractivity contribution < 1.29 is 14.3 Å². The van der Waals surface area contributed by atoms with E-state index in [2.05, 4.69) is 10.3 Å². The van der Waals surface area contributed by atoms with Crippen molar-refractivity contribution in [3.05, 3.63) is 88.7 Å². The Balaban J connectivity index is 1.55. The van der Waals surface area contributed by atoms with Gasteiger partial charge in [-0.3, -0.25) is 19.5 Å². The lowest BCUT2D eigenvalue weighted by Crippen LogP contribution is -2.34. The molecule has 4 rings (SSSR count). The van der Waals surface area contributed by atoms with Gasteiger partial charge in [0.2, 0.25) is 5.91 Å². The summed E-state index contributed by atoms with van der Waals surface area (Å²) >= 11 is 6.01. The van der Waals surface area contributed by atoms with Gasteiger partial charge in [-0.15, -0.1) is 0 Å². The van der Waals surface area contributed by atoms with Gasteiger partial charge >= 0.3 is 0 Å². The minimum absolute atomic E-state index is 0.0961. The van der Waals surface area contributed by atoms with Crippen LogP contribution in [0, 0.1) is 0 Å². The van der Waals surface area contributed by atoms with E-state index in [9.17, 15) is 9.59 Å². The Bertz CT molecular complexity index is 1100. The largest absolute Gasteiger partial charge is 0.497 e. The maximum Gasteiger partial charge on any atom is 0.260 e. The first kappa shape index (κ1) is 20.9. The molecule has 1 aliphatic rings. The molecule has 0 unspecified atom stereocenters. The highest BCUT2D eigenvalue weighted by molar-refractivity contribution is 6.30. The van der Waals surface area contributed by atoms with E-state index in [-0.39, 0.29) is 24.3 Å². The third-order valence-corrected chi connectivity index (χ3v) is 5.64. The minimum atomic E-state index is -0.493. The average Bonchev–Trinajstić information content (AvgIpc) is 3.06. The molecule has 2 aromatic carbocycles. The van der Waals surface area contributed by atoms with Gasteiger partial charge in [-0.2, -0.15) is 0 Å². The maximum atomic E-state index is 13.1. The van der Waals surface area contributed by atoms with Crippen LogP contribution in [0.3, 0.4) is 0 Å². The van der Waals surface area contributed by atoms with Gasteiger partial charge in [0.05, 0.1) is 36.9 Å². The van der Waals surface area contributed by atoms with Crippen molar-refractivity contribution >= 4 is 29.1 Å². The lowest BCUT2D eigenvalue weighted by atomic mass is 10.1. The number of carbonyl (C=O) groups excluding carboxylic acids is 2. The Morgan fingerprint density at radius 2 is 1.87 bits per heavy atom. The van der Waals surface area contributed by atoms with E-state index in [1.165, 1.54) is 0 Å². The second-order valence-electron chi connectivity index (χ2n) is 7.37. The molecule has 158 valence electrons. The van der Waals surface area contributed by atoms with E-state index in [0.29, 0.717) is 22.0 Å². The number of halogens is 1. The van der Waals surface area contributed by atoms with Crippen LogP contribution in [0.1, 0.15) is 47.0 Å². The summed E-state index contributed by atoms with van der Waals surface area (Å²) in [5.74, 6) is 0.415. The number of hydrogen-bond acceptors (Lipinski definition) is 4. The number of amides is 2. The van der Waals surface area contributed by atoms with E-state index in [1.807, 2.05) is 31.2 Å². The standard InChI is InChI=1S/C24H22ClN3O3/c1-15(16-5-11-19(31-2)12-6-16)27-22(29)14-21-23-20(4-3-13-26-23)24(30)28(21)18-9-7-17(25)8-10-18/h3-13,15,21H,14H2,1-2H3,(H,27,29)/t15-,21-/m1/s1. The van der Waals surface area contributed by atoms with Crippen molar-refractivity contribution in [1.29, 1.82) is 0 Å². The highest BCUT2D eigenvalue weighted by Gasteiger charge is 2.40. The summed E-state index contributed by atoms with van der Waals surface area (Å²) in [6, 6.07) is 17.3. The SMILES string of the molecule is COc1ccc([C@@H](C)NC(=O)C[C@@H]2c3ncccc3C(=O)N2c2ccc(Cl)cc2)cc1. The number of anilines is 1. The van der Waals surface area contributed by atoms with Crippen LogP contribution in [0.25, 0.3) is 0 Å². The highest BCUT2D eigenvalue weighted by Crippen LogP contribution is 2.38. The number of nitrogens with zero attached hydrogens (tertiary/aromatic N) is 2. The summed E-state index contributed by atoms with van der Waals surface area (Å²) in [7, 11) is 1.61. The molecule has 0 saturated heterocycles. The van der Waals surface area contributed by atoms with E-state index in [1.54, 1.807) is 54.6 Å². The number of nitrogens with one attached hydrogen (secondary N) is 1. The third-order valence-electron chi connectivity index (χ3n) is 5.39. The minimum Gasteiger partial charge on any atom is -0.497 e. The second kappa shape index (κ2) is 8.78. The van der Waals surface area contributed by atoms with E-state index in [0.717, 1.165) is 11.3 Å². The summed E-state index contributed by atoms with van der Waals surface area (Å²) in [4.78, 5) is 32.0. The fourth-order valence-electron chi connectivity index (χ4n) is 3.80. The zero-order chi connectivity index (χ0) is 22.0. The normalized spacial score (nSPS) is 16.0. The Morgan fingerprint density at radius 1 is 1.16 bits per heavy atom. The first-order chi connectivity index (χ1) is 15.0. The first-order valence-electron chi connectivity index (χ1n) is 9.95. The zero-order valence-electron chi connectivity index (χ0n) is 17.2. The molecule has 3 aromatic rings. The third kappa shape index (κ3) is 4.25. The molecular weight excluding hydrogens is 414 g/mol. The second-order valence-corrected chi connectivity index (χ2v) is 7.81. The summed E-state index contributed by atoms with van der Waals surface area (Å²) in [6.45, 7) is 1.92. The van der Waals surface area contributed by atoms with Crippen LogP contribution in [-0.4, -0.2) is 23.9 Å². The zero-order valence-corrected chi connectivity index (χ0v) is 18.0. The number of fused-ring (bicyclic) bond motifs is 1. The van der Waals surface area contributed by atoms with Crippen LogP contribution < -0.4 is 15.0 Å². The monoisotopic (exact) mass is 435 g/mol. The molecule has 0 bridgehead atoms. The summed E-state index contributed by atoms with van der Waals surface area (Å²) in [5, 5.41) is 3.60. The van der Waals surface area contributed by atoms with Gasteiger partial charge in [-0.1, -0.05) is 23.7 Å². The van der Waals surface area contributed by atoms with Crippen LogP contribution >= 0.6 is 11.6 Å². The first-order valence-corrected chi connectivity index (χ1v) is 10.3. The molecule has 7 heteroatoms. The lowest BCUT2D eigenvalue weighted by molar-refractivity contribution is -0.122. The van der Waals surface area contributed by atoms with Gasteiger partial charge in [-0.25, -0.2) is 0 Å². The van der Waals surface area contributed by atoms with Gasteiger partial charge in [0.15, 0.2) is 0 Å². The van der Waals surface area contributed by atoms with Crippen LogP contribution in [0.2, 0.25) is 5.02 Å². The fourth-order valence-corrected chi connectivity index (χ4v) is 3.92. The van der Waals surface area contributed by atoms with E-state index < -0.39 is 6.04 Å². The Labute approximate surface area is 185 Å². The molecular formula is C24H22ClN3O3. The molecule has 6 nitrogen and oxygen atoms in total. The van der Waals surface area contributed by atoms with Crippen molar-refractivity contribution in [2.45, 2.75) is 25.4 Å². The average molecular weight is 436 g/mol. The molecule has 1 aliphatic heterocycles. The molecule has 2 heterocycles. The Kier molecular flexibility index (Phi) is 5.91. The number of ether oxygens (including phenoxy) is 1. The Hall–Kier alpha value is -3.38. The molecule has 31 heavy (non-hydrogen) atoms. The number of aromatic nitrogens is 1. The number of pyridine rings is 1. The van der Waals surface area contributed by atoms with E-state index >= 15 is 0 Å². The quantitative estimate of drug-likeness (QED) is 0.608. The fraction of sp³-hybridized carbons (Fsp3) is 0.208. The number of rotatable bonds is 6. The van der Waals surface area contributed by atoms with Gasteiger partial charge in [-0.05, 0) is 61.0 Å². The molecule has 0 aliphatic carbocycles. The summed E-state index contributed by atoms with van der Waals surface area (Å²) in [6.07, 6.45) is 1.74. The molecule has 0 saturated carbocycles. The van der Waals surface area contributed by atoms with Gasteiger partial charge in [0.25, 0.3) is 5.91 Å². The van der Waals surface area contributed by atoms with Gasteiger partial charge in [0, 0.05) is 16.9 Å². The summed E-state index contributed by atoms with van der Waals surface area (Å²) in [5.41, 5.74) is 2.76. The number of methoxy groups -OCH3 is 1. The van der Waals surface area contributed by atoms with E-state index in [4.69, 9.17) is 16.3 Å². The van der Waals surface area contributed by atoms with Crippen molar-refractivity contribution in [1.82, 2.24) is 10.3 Å². The van der Waals surface area contributed by atoms with Crippen LogP contribution in [0.4, 0.5) is 5.69 Å². The predicted octanol–water partition coefficient (Wildman–Crippen LogP) is 4.71. The smallest absolute Gasteiger partial charge is 0.260 e. The van der Waals surface area contributed by atoms with Crippen LogP contribution in [0.15, 0.2) is 66.9 Å². The van der Waals surface area contributed by atoms with Crippen molar-refractivity contribution in [3.63, 3.8) is 0 Å². The van der Waals surface area contributed by atoms with Gasteiger partial charge in [0.1, 0.15) is 5.75 Å². The highest BCUT2D eigenvalue weighted by atomic mass is 35.5. The molecule has 1 N–H and O–H groups in total. The van der Waals surface area contributed by atoms with Crippen LogP contribution in [-0.2, 0) is 4.79 Å². The maximum absolute atomic E-state index is 13.1. The molecule has 0 radical (unpaired) electrons. The van der Waals surface area contributed by atoms with Gasteiger partial charge < -0.3 is 10.1 Å². The number of benzene rings is 2. The van der Waals surface area contributed by atoms with Crippen molar-refractivity contribution in [3.8, 4) is 5.75 Å². The molecule has 0 spiro atoms. The van der Waals surface area contributed by atoms with Crippen LogP contribution in [0.5, 0.6) is 5.75 Å². The predicted molar refractivity (Wildman–Crippen MR) is 119 cm³/mol. The molecule has 2 atom stereocenters. The lowest BCUT2D eigenvalue weighted by Gasteiger charge is -2.25. The Morgan fingerprint density at radius 3 is 2.55 bits per heavy atom. The number of carbonyl (C=O) groups is 2. The van der Waals surface area contributed by atoms with Crippen molar-refractivity contribution in [2.24, 2.45) is 0 Å².